The largest absolute Gasteiger partial charge is 0.454 e. The van der Waals surface area contributed by atoms with Gasteiger partial charge in [0.05, 0.1) is 21.4 Å². The van der Waals surface area contributed by atoms with E-state index in [0.29, 0.717) is 10.9 Å². The summed E-state index contributed by atoms with van der Waals surface area (Å²) in [4.78, 5) is 41.3. The number of fused-ring (bicyclic) bond motifs is 1. The van der Waals surface area contributed by atoms with Crippen LogP contribution in [0.25, 0.3) is 10.9 Å². The fraction of sp³-hybridized carbons (Fsp3) is 0.118. The van der Waals surface area contributed by atoms with Crippen LogP contribution in [0.3, 0.4) is 0 Å². The summed E-state index contributed by atoms with van der Waals surface area (Å²) in [6.45, 7) is 1.23. The van der Waals surface area contributed by atoms with Crippen molar-refractivity contribution in [2.45, 2.75) is 13.5 Å². The van der Waals surface area contributed by atoms with Crippen LogP contribution in [0.1, 0.15) is 21.7 Å². The number of ether oxygens (including phenoxy) is 1. The summed E-state index contributed by atoms with van der Waals surface area (Å²) in [7, 11) is 0. The maximum Gasteiger partial charge on any atom is 0.339 e. The van der Waals surface area contributed by atoms with Crippen molar-refractivity contribution in [2.75, 3.05) is 0 Å². The molecule has 1 N–H and O–H groups in total. The number of nitrogens with zero attached hydrogens (tertiary/aromatic N) is 2. The quantitative estimate of drug-likeness (QED) is 0.443. The number of nitro groups is 1. The molecule has 126 valence electrons. The first-order chi connectivity index (χ1) is 12.0. The highest BCUT2D eigenvalue weighted by atomic mass is 16.6. The normalized spacial score (nSPS) is 10.6. The molecule has 3 rings (SSSR count). The first-order valence-corrected chi connectivity index (χ1v) is 7.36. The van der Waals surface area contributed by atoms with Crippen molar-refractivity contribution >= 4 is 22.6 Å². The molecule has 0 radical (unpaired) electrons. The van der Waals surface area contributed by atoms with Crippen LogP contribution in [0.5, 0.6) is 0 Å². The number of rotatable bonds is 4. The summed E-state index contributed by atoms with van der Waals surface area (Å²) in [5.74, 6) is -0.530. The summed E-state index contributed by atoms with van der Waals surface area (Å²) >= 11 is 0. The molecule has 0 aliphatic heterocycles. The molecular formula is C17H13N3O5. The number of aromatic amines is 1. The van der Waals surface area contributed by atoms with Gasteiger partial charge in [0.1, 0.15) is 12.4 Å². The monoisotopic (exact) mass is 339 g/mol. The Morgan fingerprint density at radius 2 is 2.00 bits per heavy atom. The lowest BCUT2D eigenvalue weighted by Crippen LogP contribution is -2.15. The van der Waals surface area contributed by atoms with Crippen molar-refractivity contribution in [1.29, 1.82) is 0 Å². The molecule has 0 saturated carbocycles. The Balaban J connectivity index is 1.83. The third-order valence-electron chi connectivity index (χ3n) is 3.72. The van der Waals surface area contributed by atoms with Gasteiger partial charge in [0.2, 0.25) is 0 Å². The van der Waals surface area contributed by atoms with Crippen molar-refractivity contribution in [3.8, 4) is 0 Å². The summed E-state index contributed by atoms with van der Waals surface area (Å²) in [6, 6.07) is 11.0. The van der Waals surface area contributed by atoms with Gasteiger partial charge in [-0.2, -0.15) is 0 Å². The van der Waals surface area contributed by atoms with Crippen LogP contribution in [0, 0.1) is 17.0 Å². The predicted octanol–water partition coefficient (Wildman–Crippen LogP) is 2.50. The smallest absolute Gasteiger partial charge is 0.339 e. The minimum atomic E-state index is -0.725. The number of H-pyrrole nitrogens is 1. The molecule has 8 heteroatoms. The number of carbonyl (C=O) groups excluding carboxylic acids is 1. The maximum atomic E-state index is 12.2. The van der Waals surface area contributed by atoms with Crippen molar-refractivity contribution in [3.05, 3.63) is 79.9 Å². The van der Waals surface area contributed by atoms with Gasteiger partial charge in [-0.3, -0.25) is 14.9 Å². The van der Waals surface area contributed by atoms with Gasteiger partial charge < -0.3 is 9.72 Å². The first-order valence-electron chi connectivity index (χ1n) is 7.36. The van der Waals surface area contributed by atoms with Gasteiger partial charge in [0.25, 0.3) is 11.2 Å². The third-order valence-corrected chi connectivity index (χ3v) is 3.72. The second-order valence-corrected chi connectivity index (χ2v) is 5.31. The molecule has 0 aliphatic carbocycles. The summed E-state index contributed by atoms with van der Waals surface area (Å²) in [6.07, 6.45) is 0. The Kier molecular flexibility index (Phi) is 4.25. The molecule has 0 aliphatic rings. The molecule has 25 heavy (non-hydrogen) atoms. The van der Waals surface area contributed by atoms with Crippen molar-refractivity contribution < 1.29 is 14.5 Å². The van der Waals surface area contributed by atoms with E-state index in [0.717, 1.165) is 0 Å². The Hall–Kier alpha value is -3.55. The number of aromatic nitrogens is 2. The highest BCUT2D eigenvalue weighted by Crippen LogP contribution is 2.21. The van der Waals surface area contributed by atoms with Crippen molar-refractivity contribution in [2.24, 2.45) is 0 Å². The minimum Gasteiger partial charge on any atom is -0.454 e. The number of para-hydroxylation sites is 1. The molecule has 0 saturated heterocycles. The van der Waals surface area contributed by atoms with E-state index in [1.54, 1.807) is 24.3 Å². The Morgan fingerprint density at radius 3 is 2.76 bits per heavy atom. The second-order valence-electron chi connectivity index (χ2n) is 5.31. The van der Waals surface area contributed by atoms with Gasteiger partial charge in [0.15, 0.2) is 0 Å². The fourth-order valence-electron chi connectivity index (χ4n) is 2.46. The van der Waals surface area contributed by atoms with E-state index in [1.807, 2.05) is 0 Å². The van der Waals surface area contributed by atoms with Gasteiger partial charge in [-0.25, -0.2) is 9.78 Å². The van der Waals surface area contributed by atoms with E-state index >= 15 is 0 Å². The van der Waals surface area contributed by atoms with E-state index < -0.39 is 10.9 Å². The number of hydrogen-bond acceptors (Lipinski definition) is 6. The van der Waals surface area contributed by atoms with Crippen LogP contribution < -0.4 is 5.56 Å². The maximum absolute atomic E-state index is 12.2. The van der Waals surface area contributed by atoms with Crippen LogP contribution in [-0.2, 0) is 11.3 Å². The molecule has 1 heterocycles. The van der Waals surface area contributed by atoms with Crippen LogP contribution in [0.2, 0.25) is 0 Å². The van der Waals surface area contributed by atoms with E-state index in [-0.39, 0.29) is 34.8 Å². The molecule has 0 atom stereocenters. The van der Waals surface area contributed by atoms with E-state index in [1.165, 1.54) is 25.1 Å². The lowest BCUT2D eigenvalue weighted by Gasteiger charge is -2.07. The molecule has 0 fully saturated rings. The van der Waals surface area contributed by atoms with Gasteiger partial charge >= 0.3 is 5.97 Å². The highest BCUT2D eigenvalue weighted by Gasteiger charge is 2.19. The molecule has 3 aromatic rings. The molecule has 8 nitrogen and oxygen atoms in total. The average Bonchev–Trinajstić information content (AvgIpc) is 2.59. The first kappa shape index (κ1) is 16.3. The van der Waals surface area contributed by atoms with Gasteiger partial charge in [-0.05, 0) is 25.1 Å². The Bertz CT molecular complexity index is 1040. The zero-order valence-electron chi connectivity index (χ0n) is 13.2. The van der Waals surface area contributed by atoms with E-state index in [2.05, 4.69) is 9.97 Å². The van der Waals surface area contributed by atoms with Crippen LogP contribution in [0.15, 0.2) is 47.3 Å². The molecule has 1 aromatic heterocycles. The lowest BCUT2D eigenvalue weighted by molar-refractivity contribution is -0.385. The lowest BCUT2D eigenvalue weighted by atomic mass is 10.1. The second kappa shape index (κ2) is 6.52. The van der Waals surface area contributed by atoms with Crippen molar-refractivity contribution in [3.63, 3.8) is 0 Å². The summed E-state index contributed by atoms with van der Waals surface area (Å²) in [5.41, 5.74) is 0.313. The van der Waals surface area contributed by atoms with Crippen molar-refractivity contribution in [1.82, 2.24) is 9.97 Å². The van der Waals surface area contributed by atoms with E-state index in [4.69, 9.17) is 4.74 Å². The Labute approximate surface area is 141 Å². The molecule has 0 unspecified atom stereocenters. The highest BCUT2D eigenvalue weighted by molar-refractivity contribution is 5.92. The minimum absolute atomic E-state index is 0.0948. The number of carbonyl (C=O) groups is 1. The molecule has 0 spiro atoms. The summed E-state index contributed by atoms with van der Waals surface area (Å²) < 4.78 is 5.14. The van der Waals surface area contributed by atoms with Crippen LogP contribution >= 0.6 is 0 Å². The van der Waals surface area contributed by atoms with E-state index in [9.17, 15) is 19.7 Å². The number of benzene rings is 2. The molecule has 0 amide bonds. The number of nitrogens with one attached hydrogen (secondary N) is 1. The summed E-state index contributed by atoms with van der Waals surface area (Å²) in [5, 5.41) is 11.4. The SMILES string of the molecule is Cc1c(C(=O)OCc2nc3ccccc3c(=O)[nH]2)cccc1[N+](=O)[O-]. The standard InChI is InChI=1S/C17H13N3O5/c1-10-11(6-4-8-14(10)20(23)24)17(22)25-9-15-18-13-7-3-2-5-12(13)16(21)19-15/h2-8H,9H2,1H3,(H,18,19,21). The fourth-order valence-corrected chi connectivity index (χ4v) is 2.46. The third kappa shape index (κ3) is 3.23. The average molecular weight is 339 g/mol. The zero-order chi connectivity index (χ0) is 18.0. The topological polar surface area (TPSA) is 115 Å². The van der Waals surface area contributed by atoms with Gasteiger partial charge in [0, 0.05) is 11.6 Å². The van der Waals surface area contributed by atoms with Gasteiger partial charge in [-0.15, -0.1) is 0 Å². The number of nitro benzene ring substituents is 1. The predicted molar refractivity (Wildman–Crippen MR) is 89.3 cm³/mol. The molecular weight excluding hydrogens is 326 g/mol. The zero-order valence-corrected chi connectivity index (χ0v) is 13.2. The van der Waals surface area contributed by atoms with Crippen LogP contribution in [-0.4, -0.2) is 20.9 Å². The van der Waals surface area contributed by atoms with Crippen LogP contribution in [0.4, 0.5) is 5.69 Å². The Morgan fingerprint density at radius 1 is 1.24 bits per heavy atom. The molecule has 2 aromatic carbocycles. The molecule has 0 bridgehead atoms. The van der Waals surface area contributed by atoms with Gasteiger partial charge in [-0.1, -0.05) is 18.2 Å². The number of hydrogen-bond donors (Lipinski definition) is 1. The number of esters is 1.